The Hall–Kier alpha value is -1.56. The van der Waals surface area contributed by atoms with E-state index in [4.69, 9.17) is 16.5 Å². The van der Waals surface area contributed by atoms with Gasteiger partial charge in [0.2, 0.25) is 11.9 Å². The highest BCUT2D eigenvalue weighted by atomic mass is 79.9. The molecule has 0 atom stereocenters. The first kappa shape index (κ1) is 19.2. The number of aliphatic imine (C=N–C) groups is 2. The smallest absolute Gasteiger partial charge is 0.220 e. The van der Waals surface area contributed by atoms with Crippen molar-refractivity contribution in [3.05, 3.63) is 27.7 Å². The number of anilines is 1. The van der Waals surface area contributed by atoms with Crippen molar-refractivity contribution < 1.29 is 0 Å². The van der Waals surface area contributed by atoms with Crippen LogP contribution in [-0.2, 0) is 0 Å². The van der Waals surface area contributed by atoms with E-state index in [9.17, 15) is 0 Å². The van der Waals surface area contributed by atoms with Gasteiger partial charge in [0.1, 0.15) is 5.66 Å². The molecule has 6 heteroatoms. The van der Waals surface area contributed by atoms with E-state index in [1.165, 1.54) is 17.5 Å². The average molecular weight is 420 g/mol. The van der Waals surface area contributed by atoms with Crippen molar-refractivity contribution in [1.82, 2.24) is 0 Å². The standard InChI is InChI=1S/C20H30BrN5/c1-12(2)15-10-14(21)11-16(13(3)4)17(15)26-19(23)24-18(22)25-20(26)8-6-5-7-9-20/h10-13H,5-9H2,1-4H3,(H4,22,23,24,25). The molecular weight excluding hydrogens is 390 g/mol. The molecule has 26 heavy (non-hydrogen) atoms. The fourth-order valence-corrected chi connectivity index (χ4v) is 4.72. The fraction of sp³-hybridized carbons (Fsp3) is 0.600. The Labute approximate surface area is 165 Å². The Morgan fingerprint density at radius 3 is 2.04 bits per heavy atom. The fourth-order valence-electron chi connectivity index (χ4n) is 4.23. The van der Waals surface area contributed by atoms with Gasteiger partial charge in [-0.1, -0.05) is 50.0 Å². The molecule has 1 saturated carbocycles. The molecule has 1 aromatic rings. The van der Waals surface area contributed by atoms with Gasteiger partial charge >= 0.3 is 0 Å². The lowest BCUT2D eigenvalue weighted by Crippen LogP contribution is -2.59. The summed E-state index contributed by atoms with van der Waals surface area (Å²) < 4.78 is 1.10. The quantitative estimate of drug-likeness (QED) is 0.737. The molecular formula is C20H30BrN5. The summed E-state index contributed by atoms with van der Waals surface area (Å²) in [7, 11) is 0. The first-order chi connectivity index (χ1) is 12.2. The third kappa shape index (κ3) is 3.36. The molecule has 4 N–H and O–H groups in total. The van der Waals surface area contributed by atoms with E-state index in [0.717, 1.165) is 35.8 Å². The maximum atomic E-state index is 6.49. The minimum absolute atomic E-state index is 0.301. The van der Waals surface area contributed by atoms with Crippen molar-refractivity contribution in [3.8, 4) is 0 Å². The summed E-state index contributed by atoms with van der Waals surface area (Å²) in [5, 5.41) is 0. The molecule has 1 aliphatic carbocycles. The summed E-state index contributed by atoms with van der Waals surface area (Å²) in [6.45, 7) is 8.88. The van der Waals surface area contributed by atoms with Crippen LogP contribution in [0.2, 0.25) is 0 Å². The van der Waals surface area contributed by atoms with Gasteiger partial charge in [-0.2, -0.15) is 4.99 Å². The molecule has 0 radical (unpaired) electrons. The number of nitrogens with zero attached hydrogens (tertiary/aromatic N) is 3. The normalized spacial score (nSPS) is 19.9. The van der Waals surface area contributed by atoms with E-state index in [0.29, 0.717) is 23.8 Å². The van der Waals surface area contributed by atoms with E-state index < -0.39 is 5.66 Å². The van der Waals surface area contributed by atoms with Gasteiger partial charge in [0, 0.05) is 4.47 Å². The van der Waals surface area contributed by atoms with Gasteiger partial charge in [0.15, 0.2) is 0 Å². The van der Waals surface area contributed by atoms with Crippen LogP contribution in [0.5, 0.6) is 0 Å². The first-order valence-corrected chi connectivity index (χ1v) is 10.4. The molecule has 2 aliphatic rings. The second-order valence-corrected chi connectivity index (χ2v) is 8.98. The topological polar surface area (TPSA) is 80.0 Å². The molecule has 0 aromatic heterocycles. The molecule has 3 rings (SSSR count). The van der Waals surface area contributed by atoms with Crippen LogP contribution in [0, 0.1) is 0 Å². The number of rotatable bonds is 3. The van der Waals surface area contributed by atoms with Crippen LogP contribution >= 0.6 is 15.9 Å². The molecule has 1 aromatic carbocycles. The molecule has 0 unspecified atom stereocenters. The summed E-state index contributed by atoms with van der Waals surface area (Å²) in [6.07, 6.45) is 5.40. The van der Waals surface area contributed by atoms with Crippen molar-refractivity contribution >= 4 is 33.5 Å². The van der Waals surface area contributed by atoms with Crippen LogP contribution in [0.25, 0.3) is 0 Å². The average Bonchev–Trinajstić information content (AvgIpc) is 2.55. The van der Waals surface area contributed by atoms with Crippen LogP contribution < -0.4 is 16.4 Å². The SMILES string of the molecule is CC(C)c1cc(Br)cc(C(C)C)c1N1C(N)=NC(N)=NC12CCCCC2. The minimum atomic E-state index is -0.407. The molecule has 0 bridgehead atoms. The van der Waals surface area contributed by atoms with E-state index in [1.807, 2.05) is 0 Å². The Bertz CT molecular complexity index is 716. The summed E-state index contributed by atoms with van der Waals surface area (Å²) in [4.78, 5) is 11.4. The maximum absolute atomic E-state index is 6.49. The van der Waals surface area contributed by atoms with Crippen LogP contribution in [-0.4, -0.2) is 17.6 Å². The number of halogens is 1. The second kappa shape index (κ2) is 7.22. The number of hydrogen-bond acceptors (Lipinski definition) is 5. The molecule has 1 aliphatic heterocycles. The third-order valence-corrected chi connectivity index (χ3v) is 5.91. The zero-order valence-electron chi connectivity index (χ0n) is 16.2. The van der Waals surface area contributed by atoms with Gasteiger partial charge in [-0.3, -0.25) is 4.90 Å². The van der Waals surface area contributed by atoms with Crippen LogP contribution in [0.1, 0.15) is 82.8 Å². The zero-order chi connectivity index (χ0) is 19.1. The molecule has 1 spiro atoms. The number of benzene rings is 1. The van der Waals surface area contributed by atoms with E-state index >= 15 is 0 Å². The molecule has 5 nitrogen and oxygen atoms in total. The number of nitrogens with two attached hydrogens (primary N) is 2. The largest absolute Gasteiger partial charge is 0.369 e. The van der Waals surface area contributed by atoms with E-state index in [-0.39, 0.29) is 0 Å². The Kier molecular flexibility index (Phi) is 5.33. The Morgan fingerprint density at radius 2 is 1.54 bits per heavy atom. The first-order valence-electron chi connectivity index (χ1n) is 9.58. The highest BCUT2D eigenvalue weighted by molar-refractivity contribution is 9.10. The second-order valence-electron chi connectivity index (χ2n) is 8.06. The predicted octanol–water partition coefficient (Wildman–Crippen LogP) is 4.81. The summed E-state index contributed by atoms with van der Waals surface area (Å²) in [5.74, 6) is 1.48. The van der Waals surface area contributed by atoms with Crippen molar-refractivity contribution in [2.24, 2.45) is 21.5 Å². The summed E-state index contributed by atoms with van der Waals surface area (Å²) >= 11 is 3.69. The van der Waals surface area contributed by atoms with Crippen molar-refractivity contribution in [3.63, 3.8) is 0 Å². The number of guanidine groups is 2. The lowest BCUT2D eigenvalue weighted by atomic mass is 9.84. The monoisotopic (exact) mass is 419 g/mol. The highest BCUT2D eigenvalue weighted by Gasteiger charge is 2.44. The summed E-state index contributed by atoms with van der Waals surface area (Å²) in [5.41, 5.74) is 15.8. The van der Waals surface area contributed by atoms with Crippen molar-refractivity contribution in [2.45, 2.75) is 77.3 Å². The Morgan fingerprint density at radius 1 is 1.00 bits per heavy atom. The molecule has 1 fully saturated rings. The van der Waals surface area contributed by atoms with Gasteiger partial charge < -0.3 is 11.5 Å². The third-order valence-electron chi connectivity index (χ3n) is 5.45. The minimum Gasteiger partial charge on any atom is -0.369 e. The highest BCUT2D eigenvalue weighted by Crippen LogP contribution is 2.45. The summed E-state index contributed by atoms with van der Waals surface area (Å²) in [6, 6.07) is 4.41. The predicted molar refractivity (Wildman–Crippen MR) is 114 cm³/mol. The van der Waals surface area contributed by atoms with Crippen LogP contribution in [0.4, 0.5) is 5.69 Å². The molecule has 142 valence electrons. The Balaban J connectivity index is 2.27. The van der Waals surface area contributed by atoms with Gasteiger partial charge in [-0.15, -0.1) is 0 Å². The van der Waals surface area contributed by atoms with Gasteiger partial charge in [-0.25, -0.2) is 4.99 Å². The van der Waals surface area contributed by atoms with E-state index in [2.05, 4.69) is 65.6 Å². The van der Waals surface area contributed by atoms with Gasteiger partial charge in [0.25, 0.3) is 0 Å². The van der Waals surface area contributed by atoms with Crippen LogP contribution in [0.15, 0.2) is 26.6 Å². The molecule has 1 heterocycles. The zero-order valence-corrected chi connectivity index (χ0v) is 17.8. The molecule has 0 amide bonds. The van der Waals surface area contributed by atoms with E-state index in [1.54, 1.807) is 0 Å². The van der Waals surface area contributed by atoms with Gasteiger partial charge in [-0.05, 0) is 60.8 Å². The van der Waals surface area contributed by atoms with Crippen LogP contribution in [0.3, 0.4) is 0 Å². The maximum Gasteiger partial charge on any atom is 0.220 e. The number of hydrogen-bond donors (Lipinski definition) is 2. The van der Waals surface area contributed by atoms with Gasteiger partial charge in [0.05, 0.1) is 5.69 Å². The lowest BCUT2D eigenvalue weighted by Gasteiger charge is -2.47. The lowest BCUT2D eigenvalue weighted by molar-refractivity contribution is 0.304. The van der Waals surface area contributed by atoms with Crippen molar-refractivity contribution in [1.29, 1.82) is 0 Å². The van der Waals surface area contributed by atoms with Crippen molar-refractivity contribution in [2.75, 3.05) is 4.90 Å². The molecule has 0 saturated heterocycles.